The summed E-state index contributed by atoms with van der Waals surface area (Å²) in [6.45, 7) is 7.13. The van der Waals surface area contributed by atoms with E-state index in [0.29, 0.717) is 56.9 Å². The second-order valence-corrected chi connectivity index (χ2v) is 16.1. The van der Waals surface area contributed by atoms with Crippen molar-refractivity contribution < 1.29 is 19.1 Å². The van der Waals surface area contributed by atoms with Gasteiger partial charge in [-0.05, 0) is 64.3 Å². The van der Waals surface area contributed by atoms with Gasteiger partial charge in [0, 0.05) is 49.6 Å². The van der Waals surface area contributed by atoms with Crippen molar-refractivity contribution >= 4 is 23.3 Å². The van der Waals surface area contributed by atoms with Crippen molar-refractivity contribution in [3.05, 3.63) is 42.5 Å². The Labute approximate surface area is 303 Å². The minimum atomic E-state index is -1.00. The van der Waals surface area contributed by atoms with Crippen LogP contribution >= 0.6 is 11.6 Å². The largest absolute Gasteiger partial charge is 0.479 e. The van der Waals surface area contributed by atoms with Crippen LogP contribution in [0, 0.1) is 17.2 Å². The molecule has 0 bridgehead atoms. The number of rotatable bonds is 7. The van der Waals surface area contributed by atoms with Crippen LogP contribution in [-0.4, -0.2) is 113 Å². The molecule has 7 rings (SSSR count). The lowest BCUT2D eigenvalue weighted by atomic mass is 9.68. The van der Waals surface area contributed by atoms with E-state index in [1.165, 1.54) is 38.2 Å². The fraction of sp³-hybridized carbons (Fsp3) is 0.718. The van der Waals surface area contributed by atoms with Crippen LogP contribution < -0.4 is 10.1 Å². The number of para-hydroxylation sites is 1. The quantitative estimate of drug-likeness (QED) is 0.304. The number of hydrogen-bond donors (Lipinski definition) is 1. The molecule has 1 aromatic rings. The third kappa shape index (κ3) is 6.99. The van der Waals surface area contributed by atoms with Crippen LogP contribution in [0.5, 0.6) is 5.75 Å². The number of likely N-dealkylation sites (tertiary alicyclic amines) is 1. The molecule has 7 unspecified atom stereocenters. The number of Topliss-reactive ketones (excluding diaryl/α,β-unsaturated/α-hetero) is 1. The zero-order chi connectivity index (χ0) is 34.8. The summed E-state index contributed by atoms with van der Waals surface area (Å²) in [5, 5.41) is 13.4. The van der Waals surface area contributed by atoms with E-state index in [4.69, 9.17) is 21.1 Å². The first-order chi connectivity index (χ1) is 24.3. The Balaban J connectivity index is 1.25. The number of piperazine rings is 1. The summed E-state index contributed by atoms with van der Waals surface area (Å²) in [7, 11) is 2.18. The average Bonchev–Trinajstić information content (AvgIpc) is 3.52. The first kappa shape index (κ1) is 35.9. The van der Waals surface area contributed by atoms with E-state index in [1.54, 1.807) is 0 Å². The molecule has 0 aromatic heterocycles. The highest BCUT2D eigenvalue weighted by Gasteiger charge is 2.60. The Morgan fingerprint density at radius 2 is 1.88 bits per heavy atom. The topological polar surface area (TPSA) is 101 Å². The van der Waals surface area contributed by atoms with E-state index in [2.05, 4.69) is 39.7 Å². The molecule has 1 spiro atoms. The van der Waals surface area contributed by atoms with Gasteiger partial charge in [0.25, 0.3) is 0 Å². The molecule has 50 heavy (non-hydrogen) atoms. The molecule has 10 nitrogen and oxygen atoms in total. The molecule has 4 heterocycles. The van der Waals surface area contributed by atoms with E-state index in [9.17, 15) is 10.1 Å². The van der Waals surface area contributed by atoms with Crippen LogP contribution in [0.15, 0.2) is 36.9 Å². The maximum Gasteiger partial charge on any atom is 0.246 e. The zero-order valence-electron chi connectivity index (χ0n) is 29.7. The summed E-state index contributed by atoms with van der Waals surface area (Å²) >= 11 is 7.01. The van der Waals surface area contributed by atoms with Crippen LogP contribution in [0.1, 0.15) is 94.4 Å². The third-order valence-electron chi connectivity index (χ3n) is 12.7. The van der Waals surface area contributed by atoms with Gasteiger partial charge in [0.2, 0.25) is 5.91 Å². The van der Waals surface area contributed by atoms with Crippen molar-refractivity contribution in [3.63, 3.8) is 0 Å². The summed E-state index contributed by atoms with van der Waals surface area (Å²) in [6, 6.07) is 10.1. The number of benzene rings is 1. The number of likely N-dealkylation sites (N-methyl/N-ethyl adjacent to an activating group) is 1. The van der Waals surface area contributed by atoms with Crippen LogP contribution in [-0.2, 0) is 14.3 Å². The van der Waals surface area contributed by atoms with E-state index in [1.807, 2.05) is 29.2 Å². The minimum Gasteiger partial charge on any atom is -0.479 e. The van der Waals surface area contributed by atoms with Gasteiger partial charge >= 0.3 is 0 Å². The zero-order valence-corrected chi connectivity index (χ0v) is 30.4. The highest BCUT2D eigenvalue weighted by atomic mass is 35.5. The SMILES string of the molecule is C=CC(=O)N1CCN(C2C3CC[C@]4(CC(Cl)c5ccccc5O4)C(=O)C3NC(OCC3CCCN3C)N2C2CCCCCCC2)CC1CC#N. The minimum absolute atomic E-state index is 0.0218. The molecular formula is C39H55ClN6O4. The Kier molecular flexibility index (Phi) is 11.2. The number of nitrogens with zero attached hydrogens (tertiary/aromatic N) is 5. The van der Waals surface area contributed by atoms with E-state index < -0.39 is 18.0 Å². The van der Waals surface area contributed by atoms with Gasteiger partial charge in [0.1, 0.15) is 5.75 Å². The number of amides is 1. The van der Waals surface area contributed by atoms with Crippen LogP contribution in [0.3, 0.4) is 0 Å². The van der Waals surface area contributed by atoms with Gasteiger partial charge in [-0.2, -0.15) is 5.26 Å². The lowest BCUT2D eigenvalue weighted by Gasteiger charge is -2.60. The van der Waals surface area contributed by atoms with Crippen molar-refractivity contribution in [1.82, 2.24) is 24.9 Å². The van der Waals surface area contributed by atoms with E-state index in [0.717, 1.165) is 44.2 Å². The molecule has 0 radical (unpaired) electrons. The Bertz CT molecular complexity index is 1430. The maximum atomic E-state index is 15.1. The Morgan fingerprint density at radius 3 is 2.62 bits per heavy atom. The molecule has 5 fully saturated rings. The average molecular weight is 707 g/mol. The smallest absolute Gasteiger partial charge is 0.246 e. The second-order valence-electron chi connectivity index (χ2n) is 15.6. The van der Waals surface area contributed by atoms with E-state index in [-0.39, 0.29) is 41.6 Å². The molecule has 11 heteroatoms. The van der Waals surface area contributed by atoms with Gasteiger partial charge in [0.05, 0.1) is 42.7 Å². The molecule has 1 amide bonds. The van der Waals surface area contributed by atoms with Crippen molar-refractivity contribution in [2.45, 2.75) is 131 Å². The Morgan fingerprint density at radius 1 is 1.10 bits per heavy atom. The fourth-order valence-electron chi connectivity index (χ4n) is 10.0. The number of nitrogens with one attached hydrogen (secondary N) is 1. The van der Waals surface area contributed by atoms with Crippen molar-refractivity contribution in [3.8, 4) is 11.8 Å². The molecule has 3 saturated heterocycles. The fourth-order valence-corrected chi connectivity index (χ4v) is 10.4. The summed E-state index contributed by atoms with van der Waals surface area (Å²) in [5.74, 6) is 0.615. The predicted octanol–water partition coefficient (Wildman–Crippen LogP) is 5.19. The van der Waals surface area contributed by atoms with Gasteiger partial charge in [-0.1, -0.05) is 56.9 Å². The number of fused-ring (bicyclic) bond motifs is 2. The lowest BCUT2D eigenvalue weighted by Crippen LogP contribution is -2.78. The van der Waals surface area contributed by atoms with Crippen molar-refractivity contribution in [1.29, 1.82) is 5.26 Å². The molecule has 8 atom stereocenters. The molecule has 4 aliphatic heterocycles. The summed E-state index contributed by atoms with van der Waals surface area (Å²) < 4.78 is 13.7. The molecule has 1 N–H and O–H groups in total. The standard InChI is InChI=1S/C39H55ClN6O4/c1-3-34(47)45-23-22-44(25-28(45)18-20-41)37-31-17-19-39(24-32(40)30-15-9-10-16-33(30)50-39)36(48)35(31)42-38(49-26-29-14-11-21-43(29)2)46(37)27-12-7-5-4-6-8-13-27/h3,9-10,15-16,27-29,31-32,35,37-38,42H,1,4-8,11-14,17-19,21-26H2,2H3/t28?,29?,31?,32?,35?,37?,38?,39-/m0/s1. The highest BCUT2D eigenvalue weighted by molar-refractivity contribution is 6.21. The molecule has 6 aliphatic rings. The predicted molar refractivity (Wildman–Crippen MR) is 192 cm³/mol. The molecule has 1 aromatic carbocycles. The van der Waals surface area contributed by atoms with E-state index >= 15 is 4.79 Å². The molecule has 2 aliphatic carbocycles. The van der Waals surface area contributed by atoms with Crippen molar-refractivity contribution in [2.24, 2.45) is 5.92 Å². The third-order valence-corrected chi connectivity index (χ3v) is 13.1. The van der Waals surface area contributed by atoms with Gasteiger partial charge in [-0.3, -0.25) is 19.8 Å². The van der Waals surface area contributed by atoms with Gasteiger partial charge in [-0.15, -0.1) is 11.6 Å². The number of halogens is 1. The number of ketones is 1. The lowest BCUT2D eigenvalue weighted by molar-refractivity contribution is -0.219. The second kappa shape index (κ2) is 15.6. The van der Waals surface area contributed by atoms with Crippen LogP contribution in [0.4, 0.5) is 0 Å². The van der Waals surface area contributed by atoms with Crippen molar-refractivity contribution in [2.75, 3.05) is 39.8 Å². The number of hydrogen-bond acceptors (Lipinski definition) is 9. The number of carbonyl (C=O) groups is 2. The monoisotopic (exact) mass is 706 g/mol. The highest BCUT2D eigenvalue weighted by Crippen LogP contribution is 2.50. The first-order valence-electron chi connectivity index (χ1n) is 19.2. The molecular weight excluding hydrogens is 652 g/mol. The van der Waals surface area contributed by atoms with Gasteiger partial charge in [0.15, 0.2) is 17.7 Å². The summed E-state index contributed by atoms with van der Waals surface area (Å²) in [6.07, 6.45) is 13.4. The maximum absolute atomic E-state index is 15.1. The van der Waals surface area contributed by atoms with Gasteiger partial charge < -0.3 is 19.3 Å². The number of nitriles is 1. The molecule has 272 valence electrons. The Hall–Kier alpha value is -2.52. The normalized spacial score (nSPS) is 36.1. The van der Waals surface area contributed by atoms with Gasteiger partial charge in [-0.25, -0.2) is 4.90 Å². The van der Waals surface area contributed by atoms with Crippen LogP contribution in [0.2, 0.25) is 0 Å². The number of carbonyl (C=O) groups excluding carboxylic acids is 2. The summed E-state index contributed by atoms with van der Waals surface area (Å²) in [4.78, 5) is 37.3. The van der Waals surface area contributed by atoms with Crippen LogP contribution in [0.25, 0.3) is 0 Å². The number of ether oxygens (including phenoxy) is 2. The first-order valence-corrected chi connectivity index (χ1v) is 19.6. The summed E-state index contributed by atoms with van der Waals surface area (Å²) in [5.41, 5.74) is -0.0618. The number of alkyl halides is 1. The molecule has 2 saturated carbocycles.